The normalized spacial score (nSPS) is 12.2. The van der Waals surface area contributed by atoms with E-state index in [2.05, 4.69) is 179 Å². The van der Waals surface area contributed by atoms with Crippen molar-refractivity contribution in [3.8, 4) is 11.4 Å². The molecule has 2 nitrogen and oxygen atoms in total. The van der Waals surface area contributed by atoms with Gasteiger partial charge in [-0.2, -0.15) is 0 Å². The molecule has 0 spiro atoms. The van der Waals surface area contributed by atoms with Gasteiger partial charge in [0.15, 0.2) is 0 Å². The molecule has 0 aliphatic carbocycles. The van der Waals surface area contributed by atoms with Crippen LogP contribution in [0.2, 0.25) is 0 Å². The summed E-state index contributed by atoms with van der Waals surface area (Å²) in [5, 5.41) is 7.79. The van der Waals surface area contributed by atoms with Gasteiger partial charge in [0.25, 0.3) is 0 Å². The van der Waals surface area contributed by atoms with Gasteiger partial charge in [-0.05, 0) is 65.7 Å². The molecule has 10 aromatic rings. The van der Waals surface area contributed by atoms with Crippen molar-refractivity contribution >= 4 is 87.3 Å². The molecule has 10 rings (SSSR count). The van der Waals surface area contributed by atoms with Crippen molar-refractivity contribution in [2.75, 3.05) is 0 Å². The summed E-state index contributed by atoms with van der Waals surface area (Å²) in [6.07, 6.45) is 4.40. The third kappa shape index (κ3) is 4.04. The van der Waals surface area contributed by atoms with Crippen LogP contribution in [0.25, 0.3) is 87.3 Å². The molecule has 0 bridgehead atoms. The maximum atomic E-state index is 2.47. The van der Waals surface area contributed by atoms with Crippen LogP contribution in [0.4, 0.5) is 0 Å². The summed E-state index contributed by atoms with van der Waals surface area (Å²) < 4.78 is 7.56. The second-order valence-corrected chi connectivity index (χ2v) is 13.2. The van der Waals surface area contributed by atoms with E-state index in [-0.39, 0.29) is 0 Å². The summed E-state index contributed by atoms with van der Waals surface area (Å²) in [4.78, 5) is 0. The fourth-order valence-corrected chi connectivity index (χ4v) is 8.66. The highest BCUT2D eigenvalue weighted by Crippen LogP contribution is 2.45. The standard InChI is InChI=1S/C44H28N2S/c1-3-12-29(13-4-1)22-23-30-14-11-17-32(26-30)46-39-25-24-35-34-19-8-10-21-42(34)47-44(35)43(39)37-27-36-33-18-7-9-20-38(33)45(40(36)28-41(37)46)31-15-5-2-6-16-31/h1-28H/b23-22-. The lowest BCUT2D eigenvalue weighted by Crippen LogP contribution is -1.96. The van der Waals surface area contributed by atoms with Gasteiger partial charge in [0.1, 0.15) is 0 Å². The summed E-state index contributed by atoms with van der Waals surface area (Å²) in [6, 6.07) is 57.3. The molecule has 220 valence electrons. The lowest BCUT2D eigenvalue weighted by molar-refractivity contribution is 1.16. The lowest BCUT2D eigenvalue weighted by Gasteiger charge is -2.11. The van der Waals surface area contributed by atoms with Gasteiger partial charge < -0.3 is 9.13 Å². The Bertz CT molecular complexity index is 2830. The second kappa shape index (κ2) is 10.3. The Kier molecular flexibility index (Phi) is 5.78. The molecule has 0 aliphatic heterocycles. The highest BCUT2D eigenvalue weighted by molar-refractivity contribution is 7.26. The maximum absolute atomic E-state index is 2.47. The largest absolute Gasteiger partial charge is 0.309 e. The zero-order valence-electron chi connectivity index (χ0n) is 25.5. The molecular weight excluding hydrogens is 589 g/mol. The Hall–Kier alpha value is -5.90. The Morgan fingerprint density at radius 3 is 1.91 bits per heavy atom. The Morgan fingerprint density at radius 1 is 0.383 bits per heavy atom. The van der Waals surface area contributed by atoms with Gasteiger partial charge in [0, 0.05) is 53.1 Å². The Labute approximate surface area is 275 Å². The van der Waals surface area contributed by atoms with Gasteiger partial charge in [-0.1, -0.05) is 115 Å². The van der Waals surface area contributed by atoms with Gasteiger partial charge in [-0.25, -0.2) is 0 Å². The van der Waals surface area contributed by atoms with Crippen LogP contribution in [-0.2, 0) is 0 Å². The van der Waals surface area contributed by atoms with Crippen molar-refractivity contribution in [1.82, 2.24) is 9.13 Å². The summed E-state index contributed by atoms with van der Waals surface area (Å²) in [6.45, 7) is 0. The van der Waals surface area contributed by atoms with Crippen LogP contribution in [0.1, 0.15) is 11.1 Å². The summed E-state index contributed by atoms with van der Waals surface area (Å²) in [7, 11) is 0. The molecule has 0 aliphatic rings. The zero-order chi connectivity index (χ0) is 30.9. The van der Waals surface area contributed by atoms with E-state index in [0.29, 0.717) is 0 Å². The number of fused-ring (bicyclic) bond motifs is 10. The van der Waals surface area contributed by atoms with Crippen molar-refractivity contribution in [2.24, 2.45) is 0 Å². The number of rotatable bonds is 4. The number of aromatic nitrogens is 2. The van der Waals surface area contributed by atoms with E-state index >= 15 is 0 Å². The summed E-state index contributed by atoms with van der Waals surface area (Å²) in [5.74, 6) is 0. The number of benzene rings is 7. The average Bonchev–Trinajstić information content (AvgIpc) is 3.78. The van der Waals surface area contributed by atoms with Crippen molar-refractivity contribution in [1.29, 1.82) is 0 Å². The molecule has 0 radical (unpaired) electrons. The van der Waals surface area contributed by atoms with Crippen molar-refractivity contribution in [3.63, 3.8) is 0 Å². The molecule has 3 heterocycles. The summed E-state index contributed by atoms with van der Waals surface area (Å²) in [5.41, 5.74) is 9.55. The second-order valence-electron chi connectivity index (χ2n) is 12.2. The van der Waals surface area contributed by atoms with E-state index in [1.807, 2.05) is 11.3 Å². The molecule has 0 amide bonds. The van der Waals surface area contributed by atoms with Crippen molar-refractivity contribution < 1.29 is 0 Å². The lowest BCUT2D eigenvalue weighted by atomic mass is 10.1. The van der Waals surface area contributed by atoms with Crippen LogP contribution in [0.3, 0.4) is 0 Å². The first-order chi connectivity index (χ1) is 23.3. The first kappa shape index (κ1) is 26.3. The van der Waals surface area contributed by atoms with E-state index in [1.54, 1.807) is 0 Å². The molecule has 0 N–H and O–H groups in total. The predicted octanol–water partition coefficient (Wildman–Crippen LogP) is 12.4. The topological polar surface area (TPSA) is 9.86 Å². The van der Waals surface area contributed by atoms with E-state index < -0.39 is 0 Å². The van der Waals surface area contributed by atoms with Gasteiger partial charge >= 0.3 is 0 Å². The van der Waals surface area contributed by atoms with Gasteiger partial charge in [0.2, 0.25) is 0 Å². The Morgan fingerprint density at radius 2 is 1.04 bits per heavy atom. The van der Waals surface area contributed by atoms with E-state index in [0.717, 1.165) is 5.69 Å². The molecule has 47 heavy (non-hydrogen) atoms. The van der Waals surface area contributed by atoms with Gasteiger partial charge in [0.05, 0.1) is 22.1 Å². The van der Waals surface area contributed by atoms with Crippen LogP contribution >= 0.6 is 11.3 Å². The van der Waals surface area contributed by atoms with Crippen LogP contribution < -0.4 is 0 Å². The monoisotopic (exact) mass is 616 g/mol. The predicted molar refractivity (Wildman–Crippen MR) is 203 cm³/mol. The van der Waals surface area contributed by atoms with Crippen LogP contribution in [0.5, 0.6) is 0 Å². The number of nitrogens with zero attached hydrogens (tertiary/aromatic N) is 2. The Balaban J connectivity index is 1.33. The van der Waals surface area contributed by atoms with E-state index in [4.69, 9.17) is 0 Å². The minimum absolute atomic E-state index is 1.15. The molecule has 7 aromatic carbocycles. The van der Waals surface area contributed by atoms with Crippen molar-refractivity contribution in [2.45, 2.75) is 0 Å². The molecule has 0 atom stereocenters. The molecule has 0 fully saturated rings. The minimum atomic E-state index is 1.15. The average molecular weight is 617 g/mol. The molecule has 0 saturated heterocycles. The number of thiophene rings is 1. The van der Waals surface area contributed by atoms with E-state index in [9.17, 15) is 0 Å². The smallest absolute Gasteiger partial charge is 0.0562 e. The van der Waals surface area contributed by atoms with Crippen LogP contribution in [-0.4, -0.2) is 9.13 Å². The number of para-hydroxylation sites is 2. The first-order valence-corrected chi connectivity index (χ1v) is 16.8. The van der Waals surface area contributed by atoms with E-state index in [1.165, 1.54) is 80.6 Å². The van der Waals surface area contributed by atoms with Gasteiger partial charge in [-0.15, -0.1) is 11.3 Å². The fourth-order valence-electron chi connectivity index (χ4n) is 7.40. The number of hydrogen-bond acceptors (Lipinski definition) is 1. The highest BCUT2D eigenvalue weighted by atomic mass is 32.1. The minimum Gasteiger partial charge on any atom is -0.309 e. The number of hydrogen-bond donors (Lipinski definition) is 0. The van der Waals surface area contributed by atoms with Crippen LogP contribution in [0.15, 0.2) is 158 Å². The quantitative estimate of drug-likeness (QED) is 0.174. The zero-order valence-corrected chi connectivity index (χ0v) is 26.3. The molecule has 3 aromatic heterocycles. The SMILES string of the molecule is C(=C/c1cccc(-n2c3cc4c(cc3c3c5sc6ccccc6c5ccc32)c2ccccc2n4-c2ccccc2)c1)/c1ccccc1. The molecule has 3 heteroatoms. The van der Waals surface area contributed by atoms with Crippen LogP contribution in [0, 0.1) is 0 Å². The first-order valence-electron chi connectivity index (χ1n) is 16.0. The third-order valence-electron chi connectivity index (χ3n) is 9.48. The third-order valence-corrected chi connectivity index (χ3v) is 10.7. The molecule has 0 unspecified atom stereocenters. The van der Waals surface area contributed by atoms with Gasteiger partial charge in [-0.3, -0.25) is 0 Å². The highest BCUT2D eigenvalue weighted by Gasteiger charge is 2.21. The fraction of sp³-hybridized carbons (Fsp3) is 0. The summed E-state index contributed by atoms with van der Waals surface area (Å²) >= 11 is 1.90. The molecular formula is C44H28N2S. The molecule has 0 saturated carbocycles. The van der Waals surface area contributed by atoms with Crippen molar-refractivity contribution in [3.05, 3.63) is 169 Å². The maximum Gasteiger partial charge on any atom is 0.0562 e.